The van der Waals surface area contributed by atoms with Gasteiger partial charge in [-0.25, -0.2) is 4.79 Å². The largest absolute Gasteiger partial charge is 0.493 e. The van der Waals surface area contributed by atoms with E-state index in [2.05, 4.69) is 5.32 Å². The summed E-state index contributed by atoms with van der Waals surface area (Å²) in [7, 11) is 1.46. The maximum Gasteiger partial charge on any atom is 0.343 e. The number of anilines is 1. The maximum atomic E-state index is 12.8. The number of benzene rings is 3. The highest BCUT2D eigenvalue weighted by Crippen LogP contribution is 2.30. The molecule has 0 spiro atoms. The van der Waals surface area contributed by atoms with Gasteiger partial charge in [-0.2, -0.15) is 5.26 Å². The molecule has 0 heterocycles. The summed E-state index contributed by atoms with van der Waals surface area (Å²) in [5, 5.41) is 12.4. The van der Waals surface area contributed by atoms with Gasteiger partial charge < -0.3 is 14.8 Å². The maximum absolute atomic E-state index is 12.8. The van der Waals surface area contributed by atoms with E-state index >= 15 is 0 Å². The number of carbonyl (C=O) groups is 2. The minimum absolute atomic E-state index is 0.0834. The molecule has 0 bridgehead atoms. The van der Waals surface area contributed by atoms with E-state index in [0.717, 1.165) is 16.7 Å². The Morgan fingerprint density at radius 1 is 0.939 bits per heavy atom. The number of hydrogen-bond donors (Lipinski definition) is 1. The van der Waals surface area contributed by atoms with E-state index in [-0.39, 0.29) is 11.3 Å². The molecule has 0 fully saturated rings. The zero-order valence-corrected chi connectivity index (χ0v) is 18.9. The zero-order valence-electron chi connectivity index (χ0n) is 18.9. The van der Waals surface area contributed by atoms with Gasteiger partial charge >= 0.3 is 5.97 Å². The van der Waals surface area contributed by atoms with Crippen molar-refractivity contribution in [1.82, 2.24) is 0 Å². The molecule has 3 rings (SSSR count). The van der Waals surface area contributed by atoms with E-state index in [9.17, 15) is 14.9 Å². The van der Waals surface area contributed by atoms with Crippen LogP contribution in [0.2, 0.25) is 0 Å². The number of esters is 1. The van der Waals surface area contributed by atoms with Crippen molar-refractivity contribution >= 4 is 23.6 Å². The third kappa shape index (κ3) is 5.66. The zero-order chi connectivity index (χ0) is 24.0. The van der Waals surface area contributed by atoms with Crippen molar-refractivity contribution in [1.29, 1.82) is 5.26 Å². The summed E-state index contributed by atoms with van der Waals surface area (Å²) >= 11 is 0. The van der Waals surface area contributed by atoms with Crippen molar-refractivity contribution in [2.75, 3.05) is 12.4 Å². The van der Waals surface area contributed by atoms with Crippen molar-refractivity contribution in [3.8, 4) is 17.6 Å². The molecular weight excluding hydrogens is 416 g/mol. The fourth-order valence-electron chi connectivity index (χ4n) is 3.47. The number of amides is 1. The number of aryl methyl sites for hydroxylation is 3. The highest BCUT2D eigenvalue weighted by molar-refractivity contribution is 6.10. The number of nitriles is 1. The molecule has 6 heteroatoms. The van der Waals surface area contributed by atoms with Gasteiger partial charge in [0.25, 0.3) is 5.91 Å². The Morgan fingerprint density at radius 3 is 2.21 bits per heavy atom. The molecule has 1 N–H and O–H groups in total. The standard InChI is InChI=1S/C27H24N2O4/c1-17-12-18(2)25(19(3)13-17)29-26(30)22(16-28)14-20-10-11-23(32-4)24(15-20)33-27(31)21-8-6-5-7-9-21/h5-15H,1-4H3,(H,29,30)/b22-14+. The van der Waals surface area contributed by atoms with Gasteiger partial charge in [0.2, 0.25) is 0 Å². The predicted octanol–water partition coefficient (Wildman–Crippen LogP) is 5.39. The van der Waals surface area contributed by atoms with E-state index < -0.39 is 11.9 Å². The van der Waals surface area contributed by atoms with Crippen LogP contribution >= 0.6 is 0 Å². The Kier molecular flexibility index (Phi) is 7.27. The van der Waals surface area contributed by atoms with E-state index in [1.54, 1.807) is 48.5 Å². The van der Waals surface area contributed by atoms with Gasteiger partial charge in [-0.1, -0.05) is 42.0 Å². The van der Waals surface area contributed by atoms with Gasteiger partial charge in [0.15, 0.2) is 11.5 Å². The SMILES string of the molecule is COc1ccc(/C=C(\C#N)C(=O)Nc2c(C)cc(C)cc2C)cc1OC(=O)c1ccccc1. The van der Waals surface area contributed by atoms with Crippen LogP contribution in [0.3, 0.4) is 0 Å². The molecule has 3 aromatic rings. The summed E-state index contributed by atoms with van der Waals surface area (Å²) in [5.74, 6) is -0.530. The van der Waals surface area contributed by atoms with Crippen molar-refractivity contribution in [3.63, 3.8) is 0 Å². The molecular formula is C27H24N2O4. The topological polar surface area (TPSA) is 88.4 Å². The molecule has 0 aliphatic rings. The van der Waals surface area contributed by atoms with Gasteiger partial charge in [0, 0.05) is 5.69 Å². The number of hydrogen-bond acceptors (Lipinski definition) is 5. The van der Waals surface area contributed by atoms with Crippen molar-refractivity contribution in [3.05, 3.63) is 94.1 Å². The van der Waals surface area contributed by atoms with Crippen LogP contribution in [0.4, 0.5) is 5.69 Å². The molecule has 0 aliphatic carbocycles. The molecule has 0 saturated heterocycles. The molecule has 166 valence electrons. The lowest BCUT2D eigenvalue weighted by Gasteiger charge is -2.13. The average molecular weight is 440 g/mol. The molecule has 1 amide bonds. The first kappa shape index (κ1) is 23.3. The van der Waals surface area contributed by atoms with Crippen LogP contribution < -0.4 is 14.8 Å². The van der Waals surface area contributed by atoms with Gasteiger partial charge in [-0.05, 0) is 67.8 Å². The van der Waals surface area contributed by atoms with Crippen LogP contribution in [0.5, 0.6) is 11.5 Å². The fourth-order valence-corrected chi connectivity index (χ4v) is 3.47. The van der Waals surface area contributed by atoms with Crippen LogP contribution in [0.1, 0.15) is 32.6 Å². The van der Waals surface area contributed by atoms with Crippen LogP contribution in [-0.4, -0.2) is 19.0 Å². The Hall–Kier alpha value is -4.37. The smallest absolute Gasteiger partial charge is 0.343 e. The van der Waals surface area contributed by atoms with Gasteiger partial charge in [-0.15, -0.1) is 0 Å². The summed E-state index contributed by atoms with van der Waals surface area (Å²) in [6, 6.07) is 19.3. The summed E-state index contributed by atoms with van der Waals surface area (Å²) in [5.41, 5.74) is 4.42. The molecule has 0 atom stereocenters. The summed E-state index contributed by atoms with van der Waals surface area (Å²) in [6.45, 7) is 5.79. The number of nitrogens with zero attached hydrogens (tertiary/aromatic N) is 1. The minimum Gasteiger partial charge on any atom is -0.493 e. The summed E-state index contributed by atoms with van der Waals surface area (Å²) in [6.07, 6.45) is 1.44. The minimum atomic E-state index is -0.543. The summed E-state index contributed by atoms with van der Waals surface area (Å²) < 4.78 is 10.8. The first-order valence-electron chi connectivity index (χ1n) is 10.3. The first-order valence-corrected chi connectivity index (χ1v) is 10.3. The lowest BCUT2D eigenvalue weighted by atomic mass is 10.0. The molecule has 0 aliphatic heterocycles. The highest BCUT2D eigenvalue weighted by atomic mass is 16.6. The summed E-state index contributed by atoms with van der Waals surface area (Å²) in [4.78, 5) is 25.3. The average Bonchev–Trinajstić information content (AvgIpc) is 2.80. The molecule has 0 radical (unpaired) electrons. The number of rotatable bonds is 6. The molecule has 0 saturated carbocycles. The van der Waals surface area contributed by atoms with Crippen LogP contribution in [0.15, 0.2) is 66.2 Å². The predicted molar refractivity (Wildman–Crippen MR) is 127 cm³/mol. The highest BCUT2D eigenvalue weighted by Gasteiger charge is 2.15. The molecule has 0 aromatic heterocycles. The van der Waals surface area contributed by atoms with E-state index in [1.807, 2.05) is 39.0 Å². The van der Waals surface area contributed by atoms with Gasteiger partial charge in [-0.3, -0.25) is 4.79 Å². The van der Waals surface area contributed by atoms with Crippen molar-refractivity contribution in [2.24, 2.45) is 0 Å². The van der Waals surface area contributed by atoms with Gasteiger partial charge in [0.05, 0.1) is 12.7 Å². The second kappa shape index (κ2) is 10.3. The fraction of sp³-hybridized carbons (Fsp3) is 0.148. The molecule has 3 aromatic carbocycles. The van der Waals surface area contributed by atoms with Gasteiger partial charge in [0.1, 0.15) is 11.6 Å². The normalized spacial score (nSPS) is 10.8. The molecule has 0 unspecified atom stereocenters. The third-order valence-electron chi connectivity index (χ3n) is 4.99. The third-order valence-corrected chi connectivity index (χ3v) is 4.99. The monoisotopic (exact) mass is 440 g/mol. The number of ether oxygens (including phenoxy) is 2. The number of methoxy groups -OCH3 is 1. The van der Waals surface area contributed by atoms with E-state index in [1.165, 1.54) is 13.2 Å². The number of nitrogens with one attached hydrogen (secondary N) is 1. The van der Waals surface area contributed by atoms with Crippen LogP contribution in [0.25, 0.3) is 6.08 Å². The Bertz CT molecular complexity index is 1250. The van der Waals surface area contributed by atoms with Crippen molar-refractivity contribution < 1.29 is 19.1 Å². The lowest BCUT2D eigenvalue weighted by Crippen LogP contribution is -2.15. The Balaban J connectivity index is 1.88. The Labute approximate surface area is 193 Å². The lowest BCUT2D eigenvalue weighted by molar-refractivity contribution is -0.112. The van der Waals surface area contributed by atoms with E-state index in [4.69, 9.17) is 9.47 Å². The molecule has 6 nitrogen and oxygen atoms in total. The van der Waals surface area contributed by atoms with Crippen LogP contribution in [0, 0.1) is 32.1 Å². The second-order valence-corrected chi connectivity index (χ2v) is 7.56. The number of carbonyl (C=O) groups excluding carboxylic acids is 2. The van der Waals surface area contributed by atoms with Crippen LogP contribution in [-0.2, 0) is 4.79 Å². The molecule has 33 heavy (non-hydrogen) atoms. The van der Waals surface area contributed by atoms with E-state index in [0.29, 0.717) is 22.6 Å². The quantitative estimate of drug-likeness (QED) is 0.240. The Morgan fingerprint density at radius 2 is 1.61 bits per heavy atom. The second-order valence-electron chi connectivity index (χ2n) is 7.56. The van der Waals surface area contributed by atoms with Crippen molar-refractivity contribution in [2.45, 2.75) is 20.8 Å². The first-order chi connectivity index (χ1) is 15.8.